The van der Waals surface area contributed by atoms with Crippen molar-refractivity contribution < 1.29 is 0 Å². The fourth-order valence-electron chi connectivity index (χ4n) is 4.21. The molecule has 0 saturated heterocycles. The van der Waals surface area contributed by atoms with Crippen LogP contribution in [-0.2, 0) is 7.05 Å². The second-order valence-electron chi connectivity index (χ2n) is 7.71. The summed E-state index contributed by atoms with van der Waals surface area (Å²) >= 11 is 0. The van der Waals surface area contributed by atoms with Crippen molar-refractivity contribution in [3.63, 3.8) is 0 Å². The highest BCUT2D eigenvalue weighted by molar-refractivity contribution is 6.10. The van der Waals surface area contributed by atoms with E-state index < -0.39 is 0 Å². The molecule has 5 rings (SSSR count). The third-order valence-corrected chi connectivity index (χ3v) is 5.84. The largest absolute Gasteiger partial charge is 0.384 e. The maximum atomic E-state index is 9.24. The predicted octanol–water partition coefficient (Wildman–Crippen LogP) is 5.82. The molecule has 0 fully saturated rings. The van der Waals surface area contributed by atoms with Crippen LogP contribution in [0.15, 0.2) is 84.9 Å². The monoisotopic (exact) mass is 400 g/mol. The van der Waals surface area contributed by atoms with Crippen LogP contribution < -0.4 is 5.73 Å². The first kappa shape index (κ1) is 18.7. The molecule has 1 heterocycles. The molecule has 0 radical (unpaired) electrons. The Balaban J connectivity index is 1.71. The quantitative estimate of drug-likeness (QED) is 0.296. The SMILES string of the molecule is Cn1c2ccc(-c3cccc(C#N)c3)cc2c2cc(-c3cccc(C(=N)N)c3)ccc21. The Bertz CT molecular complexity index is 1530. The number of amidine groups is 1. The molecule has 3 N–H and O–H groups in total. The molecule has 1 aromatic heterocycles. The summed E-state index contributed by atoms with van der Waals surface area (Å²) < 4.78 is 2.20. The Morgan fingerprint density at radius 1 is 0.774 bits per heavy atom. The molecule has 148 valence electrons. The summed E-state index contributed by atoms with van der Waals surface area (Å²) in [4.78, 5) is 0. The van der Waals surface area contributed by atoms with Gasteiger partial charge >= 0.3 is 0 Å². The number of aryl methyl sites for hydroxylation is 1. The molecule has 0 aliphatic rings. The van der Waals surface area contributed by atoms with E-state index in [1.807, 2.05) is 48.5 Å². The van der Waals surface area contributed by atoms with Crippen LogP contribution in [0.3, 0.4) is 0 Å². The van der Waals surface area contributed by atoms with Gasteiger partial charge in [-0.1, -0.05) is 42.5 Å². The Morgan fingerprint density at radius 2 is 1.32 bits per heavy atom. The van der Waals surface area contributed by atoms with Gasteiger partial charge in [0.25, 0.3) is 0 Å². The van der Waals surface area contributed by atoms with Crippen molar-refractivity contribution >= 4 is 27.6 Å². The van der Waals surface area contributed by atoms with Gasteiger partial charge in [0.1, 0.15) is 5.84 Å². The number of nitriles is 1. The maximum absolute atomic E-state index is 9.24. The lowest BCUT2D eigenvalue weighted by molar-refractivity contribution is 1.01. The van der Waals surface area contributed by atoms with Crippen LogP contribution in [-0.4, -0.2) is 10.4 Å². The van der Waals surface area contributed by atoms with Crippen molar-refractivity contribution in [1.29, 1.82) is 10.7 Å². The fraction of sp³-hybridized carbons (Fsp3) is 0.0370. The molecular weight excluding hydrogens is 380 g/mol. The molecule has 4 heteroatoms. The summed E-state index contributed by atoms with van der Waals surface area (Å²) in [5, 5.41) is 19.3. The summed E-state index contributed by atoms with van der Waals surface area (Å²) in [6, 6.07) is 30.6. The molecule has 0 amide bonds. The number of hydrogen-bond acceptors (Lipinski definition) is 2. The zero-order chi connectivity index (χ0) is 21.5. The normalized spacial score (nSPS) is 11.0. The van der Waals surface area contributed by atoms with Crippen molar-refractivity contribution in [2.75, 3.05) is 0 Å². The lowest BCUT2D eigenvalue weighted by atomic mass is 9.98. The van der Waals surface area contributed by atoms with Gasteiger partial charge in [-0.15, -0.1) is 0 Å². The summed E-state index contributed by atoms with van der Waals surface area (Å²) in [5.74, 6) is 0.0670. The molecule has 4 aromatic carbocycles. The molecule has 0 bridgehead atoms. The fourth-order valence-corrected chi connectivity index (χ4v) is 4.21. The highest BCUT2D eigenvalue weighted by Gasteiger charge is 2.12. The molecule has 0 spiro atoms. The Hall–Kier alpha value is -4.36. The topological polar surface area (TPSA) is 78.6 Å². The second-order valence-corrected chi connectivity index (χ2v) is 7.71. The van der Waals surface area contributed by atoms with Crippen LogP contribution in [0, 0.1) is 16.7 Å². The lowest BCUT2D eigenvalue weighted by Crippen LogP contribution is -2.10. The van der Waals surface area contributed by atoms with Gasteiger partial charge in [-0.05, 0) is 64.7 Å². The average molecular weight is 400 g/mol. The number of nitrogens with two attached hydrogens (primary N) is 1. The number of nitrogen functional groups attached to an aromatic ring is 1. The standard InChI is InChI=1S/C27H20N4/c1-31-25-10-8-20(18-5-2-4-17(12-18)16-28)14-23(25)24-15-21(9-11-26(24)31)19-6-3-7-22(13-19)27(29)30/h2-15H,1H3,(H3,29,30). The smallest absolute Gasteiger partial charge is 0.122 e. The number of nitrogens with zero attached hydrogens (tertiary/aromatic N) is 2. The minimum atomic E-state index is 0.0670. The van der Waals surface area contributed by atoms with Crippen LogP contribution in [0.1, 0.15) is 11.1 Å². The van der Waals surface area contributed by atoms with E-state index in [4.69, 9.17) is 11.1 Å². The van der Waals surface area contributed by atoms with Crippen LogP contribution in [0.2, 0.25) is 0 Å². The van der Waals surface area contributed by atoms with Crippen molar-refractivity contribution in [3.05, 3.63) is 96.1 Å². The number of benzene rings is 4. The van der Waals surface area contributed by atoms with Crippen LogP contribution >= 0.6 is 0 Å². The number of rotatable bonds is 3. The third-order valence-electron chi connectivity index (χ3n) is 5.84. The van der Waals surface area contributed by atoms with E-state index in [1.54, 1.807) is 0 Å². The van der Waals surface area contributed by atoms with Gasteiger partial charge in [-0.2, -0.15) is 5.26 Å². The van der Waals surface area contributed by atoms with E-state index in [0.29, 0.717) is 5.56 Å². The van der Waals surface area contributed by atoms with Crippen LogP contribution in [0.25, 0.3) is 44.1 Å². The molecule has 0 unspecified atom stereocenters. The number of fused-ring (bicyclic) bond motifs is 3. The summed E-state index contributed by atoms with van der Waals surface area (Å²) in [7, 11) is 2.08. The van der Waals surface area contributed by atoms with E-state index in [-0.39, 0.29) is 5.84 Å². The minimum absolute atomic E-state index is 0.0670. The van der Waals surface area contributed by atoms with Crippen molar-refractivity contribution in [2.24, 2.45) is 12.8 Å². The van der Waals surface area contributed by atoms with Crippen LogP contribution in [0.5, 0.6) is 0 Å². The van der Waals surface area contributed by atoms with Gasteiger partial charge < -0.3 is 10.3 Å². The van der Waals surface area contributed by atoms with E-state index in [9.17, 15) is 5.26 Å². The third kappa shape index (κ3) is 3.13. The maximum Gasteiger partial charge on any atom is 0.122 e. The van der Waals surface area contributed by atoms with E-state index >= 15 is 0 Å². The van der Waals surface area contributed by atoms with Crippen molar-refractivity contribution in [3.8, 4) is 28.3 Å². The summed E-state index contributed by atoms with van der Waals surface area (Å²) in [6.07, 6.45) is 0. The van der Waals surface area contributed by atoms with Gasteiger partial charge in [0.15, 0.2) is 0 Å². The lowest BCUT2D eigenvalue weighted by Gasteiger charge is -2.06. The number of aromatic nitrogens is 1. The highest BCUT2D eigenvalue weighted by atomic mass is 14.9. The molecule has 0 saturated carbocycles. The van der Waals surface area contributed by atoms with Crippen LogP contribution in [0.4, 0.5) is 0 Å². The van der Waals surface area contributed by atoms with Crippen molar-refractivity contribution in [2.45, 2.75) is 0 Å². The minimum Gasteiger partial charge on any atom is -0.384 e. The highest BCUT2D eigenvalue weighted by Crippen LogP contribution is 2.35. The first-order valence-corrected chi connectivity index (χ1v) is 10.0. The first-order chi connectivity index (χ1) is 15.0. The van der Waals surface area contributed by atoms with Gasteiger partial charge in [0, 0.05) is 34.4 Å². The molecule has 0 aliphatic heterocycles. The second kappa shape index (κ2) is 7.16. The molecule has 4 nitrogen and oxygen atoms in total. The van der Waals surface area contributed by atoms with E-state index in [2.05, 4.69) is 54.1 Å². The Morgan fingerprint density at radius 3 is 1.90 bits per heavy atom. The first-order valence-electron chi connectivity index (χ1n) is 10.0. The Labute approximate surface area is 180 Å². The number of hydrogen-bond donors (Lipinski definition) is 2. The molecule has 31 heavy (non-hydrogen) atoms. The number of nitrogens with one attached hydrogen (secondary N) is 1. The van der Waals surface area contributed by atoms with Gasteiger partial charge in [-0.3, -0.25) is 5.41 Å². The zero-order valence-corrected chi connectivity index (χ0v) is 17.1. The Kier molecular flexibility index (Phi) is 4.31. The van der Waals surface area contributed by atoms with Gasteiger partial charge in [0.2, 0.25) is 0 Å². The van der Waals surface area contributed by atoms with Crippen molar-refractivity contribution in [1.82, 2.24) is 4.57 Å². The molecular formula is C27H20N4. The van der Waals surface area contributed by atoms with E-state index in [1.165, 1.54) is 10.8 Å². The predicted molar refractivity (Wildman–Crippen MR) is 127 cm³/mol. The molecule has 0 atom stereocenters. The molecule has 5 aromatic rings. The van der Waals surface area contributed by atoms with Gasteiger partial charge in [0.05, 0.1) is 11.6 Å². The van der Waals surface area contributed by atoms with Gasteiger partial charge in [-0.25, -0.2) is 0 Å². The summed E-state index contributed by atoms with van der Waals surface area (Å²) in [5.41, 5.74) is 13.6. The molecule has 0 aliphatic carbocycles. The summed E-state index contributed by atoms with van der Waals surface area (Å²) in [6.45, 7) is 0. The average Bonchev–Trinajstić information content (AvgIpc) is 3.10. The van der Waals surface area contributed by atoms with E-state index in [0.717, 1.165) is 38.9 Å². The zero-order valence-electron chi connectivity index (χ0n) is 17.1.